The lowest BCUT2D eigenvalue weighted by Gasteiger charge is -2.15. The van der Waals surface area contributed by atoms with E-state index in [1.165, 1.54) is 11.3 Å². The van der Waals surface area contributed by atoms with Gasteiger partial charge < -0.3 is 10.6 Å². The van der Waals surface area contributed by atoms with Crippen molar-refractivity contribution >= 4 is 29.0 Å². The molecular weight excluding hydrogens is 362 g/mol. The van der Waals surface area contributed by atoms with Gasteiger partial charge in [0.05, 0.1) is 16.6 Å². The van der Waals surface area contributed by atoms with E-state index in [0.29, 0.717) is 10.6 Å². The van der Waals surface area contributed by atoms with Gasteiger partial charge >= 0.3 is 6.03 Å². The molecule has 3 aromatic rings. The summed E-state index contributed by atoms with van der Waals surface area (Å²) in [6.07, 6.45) is 0. The highest BCUT2D eigenvalue weighted by Gasteiger charge is 2.15. The summed E-state index contributed by atoms with van der Waals surface area (Å²) in [6, 6.07) is 20.1. The van der Waals surface area contributed by atoms with Gasteiger partial charge in [0.15, 0.2) is 0 Å². The van der Waals surface area contributed by atoms with Crippen LogP contribution in [0, 0.1) is 0 Å². The summed E-state index contributed by atoms with van der Waals surface area (Å²) in [5.41, 5.74) is 4.25. The van der Waals surface area contributed by atoms with Crippen molar-refractivity contribution in [1.29, 1.82) is 0 Å². The lowest BCUT2D eigenvalue weighted by molar-refractivity contribution is 0.0711. The van der Waals surface area contributed by atoms with Gasteiger partial charge in [-0.3, -0.25) is 10.0 Å². The quantitative estimate of drug-likeness (QED) is 0.390. The van der Waals surface area contributed by atoms with Crippen molar-refractivity contribution in [3.8, 4) is 11.1 Å². The van der Waals surface area contributed by atoms with Gasteiger partial charge in [-0.15, -0.1) is 11.3 Å². The third kappa shape index (κ3) is 4.52. The van der Waals surface area contributed by atoms with Crippen LogP contribution in [0.15, 0.2) is 66.7 Å². The Balaban J connectivity index is 1.70. The molecule has 0 aliphatic carbocycles. The number of hydrogen-bond acceptors (Lipinski definition) is 4. The fourth-order valence-electron chi connectivity index (χ4n) is 2.65. The first-order chi connectivity index (χ1) is 13.1. The van der Waals surface area contributed by atoms with Crippen LogP contribution in [0.2, 0.25) is 0 Å². The van der Waals surface area contributed by atoms with E-state index in [1.807, 2.05) is 61.5 Å². The van der Waals surface area contributed by atoms with E-state index in [0.717, 1.165) is 16.0 Å². The normalized spacial score (nSPS) is 11.5. The number of anilines is 1. The first-order valence-electron chi connectivity index (χ1n) is 8.34. The summed E-state index contributed by atoms with van der Waals surface area (Å²) < 4.78 is 0. The van der Waals surface area contributed by atoms with Crippen molar-refractivity contribution in [2.75, 3.05) is 5.32 Å². The van der Waals surface area contributed by atoms with Crippen LogP contribution in [-0.2, 0) is 0 Å². The smallest absolute Gasteiger partial charge is 0.319 e. The topological polar surface area (TPSA) is 90.5 Å². The molecule has 0 saturated heterocycles. The van der Waals surface area contributed by atoms with E-state index < -0.39 is 5.91 Å². The Bertz CT molecular complexity index is 940. The highest BCUT2D eigenvalue weighted by molar-refractivity contribution is 7.14. The molecule has 0 bridgehead atoms. The molecule has 1 unspecified atom stereocenters. The fraction of sp³-hybridized carbons (Fsp3) is 0.100. The minimum atomic E-state index is -0.570. The van der Waals surface area contributed by atoms with Gasteiger partial charge in [0.1, 0.15) is 0 Å². The molecule has 0 spiro atoms. The number of hydrogen-bond donors (Lipinski definition) is 4. The van der Waals surface area contributed by atoms with E-state index in [-0.39, 0.29) is 12.1 Å². The van der Waals surface area contributed by atoms with Gasteiger partial charge in [0, 0.05) is 10.4 Å². The number of amides is 3. The van der Waals surface area contributed by atoms with E-state index in [4.69, 9.17) is 5.21 Å². The number of hydroxylamine groups is 1. The minimum Gasteiger partial charge on any atom is -0.331 e. The molecule has 0 fully saturated rings. The Morgan fingerprint density at radius 3 is 2.41 bits per heavy atom. The van der Waals surface area contributed by atoms with Gasteiger partial charge in [0.2, 0.25) is 0 Å². The number of carbonyl (C=O) groups excluding carboxylic acids is 2. The maximum Gasteiger partial charge on any atom is 0.319 e. The molecule has 0 aliphatic heterocycles. The van der Waals surface area contributed by atoms with Crippen LogP contribution in [0.3, 0.4) is 0 Å². The number of rotatable bonds is 5. The number of carbonyl (C=O) groups is 2. The molecule has 27 heavy (non-hydrogen) atoms. The zero-order valence-corrected chi connectivity index (χ0v) is 15.4. The molecule has 3 amide bonds. The molecule has 2 aromatic carbocycles. The number of thiophene rings is 1. The van der Waals surface area contributed by atoms with Crippen LogP contribution in [0.5, 0.6) is 0 Å². The van der Waals surface area contributed by atoms with Crippen LogP contribution in [0.1, 0.15) is 27.5 Å². The number of benzene rings is 2. The Morgan fingerprint density at radius 1 is 0.963 bits per heavy atom. The second kappa shape index (κ2) is 8.48. The van der Waals surface area contributed by atoms with Gasteiger partial charge in [-0.1, -0.05) is 48.5 Å². The maximum atomic E-state index is 12.4. The van der Waals surface area contributed by atoms with Gasteiger partial charge in [-0.2, -0.15) is 0 Å². The second-order valence-corrected chi connectivity index (χ2v) is 6.99. The number of para-hydroxylation sites is 1. The minimum absolute atomic E-state index is 0.292. The average Bonchev–Trinajstić information content (AvgIpc) is 3.19. The third-order valence-corrected chi connectivity index (χ3v) is 5.25. The predicted octanol–water partition coefficient (Wildman–Crippen LogP) is 4.42. The average molecular weight is 381 g/mol. The van der Waals surface area contributed by atoms with Crippen molar-refractivity contribution in [2.45, 2.75) is 13.0 Å². The molecule has 1 aromatic heterocycles. The van der Waals surface area contributed by atoms with E-state index >= 15 is 0 Å². The predicted molar refractivity (Wildman–Crippen MR) is 106 cm³/mol. The Morgan fingerprint density at radius 2 is 1.67 bits per heavy atom. The molecule has 7 heteroatoms. The highest BCUT2D eigenvalue weighted by atomic mass is 32.1. The molecule has 0 saturated carbocycles. The van der Waals surface area contributed by atoms with Crippen LogP contribution in [0.4, 0.5) is 10.5 Å². The molecule has 1 heterocycles. The van der Waals surface area contributed by atoms with Crippen molar-refractivity contribution in [3.05, 3.63) is 76.5 Å². The summed E-state index contributed by atoms with van der Waals surface area (Å²) in [5, 5.41) is 14.4. The van der Waals surface area contributed by atoms with Gasteiger partial charge in [-0.05, 0) is 30.7 Å². The molecule has 1 atom stereocenters. The first kappa shape index (κ1) is 18.6. The number of nitrogens with one attached hydrogen (secondary N) is 3. The van der Waals surface area contributed by atoms with Gasteiger partial charge in [-0.25, -0.2) is 10.3 Å². The first-order valence-corrected chi connectivity index (χ1v) is 9.16. The molecule has 0 aliphatic rings. The van der Waals surface area contributed by atoms with Crippen molar-refractivity contribution in [3.63, 3.8) is 0 Å². The monoisotopic (exact) mass is 381 g/mol. The molecule has 6 nitrogen and oxygen atoms in total. The summed E-state index contributed by atoms with van der Waals surface area (Å²) in [4.78, 5) is 25.1. The molecule has 138 valence electrons. The van der Waals surface area contributed by atoms with E-state index in [1.54, 1.807) is 17.6 Å². The zero-order valence-electron chi connectivity index (χ0n) is 14.6. The maximum absolute atomic E-state index is 12.4. The van der Waals surface area contributed by atoms with Crippen LogP contribution >= 0.6 is 11.3 Å². The number of urea groups is 1. The Labute approximate surface area is 160 Å². The Kier molecular flexibility index (Phi) is 5.85. The van der Waals surface area contributed by atoms with Crippen molar-refractivity contribution in [1.82, 2.24) is 10.8 Å². The fourth-order valence-corrected chi connectivity index (χ4v) is 3.55. The summed E-state index contributed by atoms with van der Waals surface area (Å²) >= 11 is 1.21. The van der Waals surface area contributed by atoms with Gasteiger partial charge in [0.25, 0.3) is 5.91 Å². The summed E-state index contributed by atoms with van der Waals surface area (Å²) in [5.74, 6) is -0.570. The van der Waals surface area contributed by atoms with E-state index in [2.05, 4.69) is 10.6 Å². The summed E-state index contributed by atoms with van der Waals surface area (Å²) in [6.45, 7) is 1.83. The zero-order chi connectivity index (χ0) is 19.2. The lowest BCUT2D eigenvalue weighted by atomic mass is 10.0. The van der Waals surface area contributed by atoms with E-state index in [9.17, 15) is 9.59 Å². The molecule has 4 N–H and O–H groups in total. The lowest BCUT2D eigenvalue weighted by Crippen LogP contribution is -2.31. The highest BCUT2D eigenvalue weighted by Crippen LogP contribution is 2.28. The van der Waals surface area contributed by atoms with Crippen LogP contribution in [0.25, 0.3) is 11.1 Å². The molecule has 0 radical (unpaired) electrons. The molecular formula is C20H19N3O3S. The SMILES string of the molecule is CC(NC(=O)Nc1ccccc1-c1ccccc1)c1ccc(C(=O)NO)s1. The van der Waals surface area contributed by atoms with Crippen molar-refractivity contribution < 1.29 is 14.8 Å². The molecule has 3 rings (SSSR count). The third-order valence-electron chi connectivity index (χ3n) is 3.99. The largest absolute Gasteiger partial charge is 0.331 e. The van der Waals surface area contributed by atoms with Crippen LogP contribution in [-0.4, -0.2) is 17.1 Å². The Hall–Kier alpha value is -3.16. The standard InChI is InChI=1S/C20H19N3O3S/c1-13(17-11-12-18(27-17)19(24)23-26)21-20(25)22-16-10-6-5-9-15(16)14-7-3-2-4-8-14/h2-13,26H,1H3,(H,23,24)(H2,21,22,25). The van der Waals surface area contributed by atoms with Crippen molar-refractivity contribution in [2.24, 2.45) is 0 Å². The van der Waals surface area contributed by atoms with Crippen LogP contribution < -0.4 is 16.1 Å². The second-order valence-electron chi connectivity index (χ2n) is 5.87. The summed E-state index contributed by atoms with van der Waals surface area (Å²) in [7, 11) is 0.